The number of aromatic nitrogens is 1. The minimum absolute atomic E-state index is 0. The predicted molar refractivity (Wildman–Crippen MR) is 181 cm³/mol. The fraction of sp³-hybridized carbons (Fsp3) is 0.400. The Balaban J connectivity index is 0.000000289. The second-order valence-electron chi connectivity index (χ2n) is 13.3. The Morgan fingerprint density at radius 1 is 0.867 bits per heavy atom. The SMILES string of the molecule is CC(C)C(=O)/C=C(\O)C(C)C.[Ir].[c-]1c(C2CCCC2)cc2c(oc3ccccc32)c1-c1nccc2cc(C3CCCC3)ccc12. The number of hydrogen-bond donors (Lipinski definition) is 1. The van der Waals surface area contributed by atoms with Gasteiger partial charge in [-0.15, -0.1) is 17.7 Å². The van der Waals surface area contributed by atoms with Crippen LogP contribution in [0.25, 0.3) is 44.0 Å². The molecular formula is C40H44IrNO3-. The molecule has 4 nitrogen and oxygen atoms in total. The number of fused-ring (bicyclic) bond motifs is 4. The fourth-order valence-corrected chi connectivity index (χ4v) is 6.80. The molecule has 0 bridgehead atoms. The van der Waals surface area contributed by atoms with E-state index in [4.69, 9.17) is 9.40 Å². The number of aliphatic hydroxyl groups excluding tert-OH is 1. The first-order valence-electron chi connectivity index (χ1n) is 16.5. The first kappa shape index (κ1) is 33.1. The van der Waals surface area contributed by atoms with Crippen LogP contribution in [0.1, 0.15) is 102 Å². The van der Waals surface area contributed by atoms with E-state index in [0.717, 1.165) is 22.4 Å². The van der Waals surface area contributed by atoms with Crippen LogP contribution in [0.3, 0.4) is 0 Å². The number of pyridine rings is 1. The van der Waals surface area contributed by atoms with Crippen molar-refractivity contribution in [2.75, 3.05) is 0 Å². The Morgan fingerprint density at radius 2 is 1.56 bits per heavy atom. The molecule has 1 radical (unpaired) electrons. The van der Waals surface area contributed by atoms with Crippen LogP contribution < -0.4 is 0 Å². The van der Waals surface area contributed by atoms with Gasteiger partial charge in [-0.3, -0.25) is 4.79 Å². The van der Waals surface area contributed by atoms with E-state index in [1.165, 1.54) is 90.1 Å². The predicted octanol–water partition coefficient (Wildman–Crippen LogP) is 11.2. The molecule has 5 aromatic rings. The number of para-hydroxylation sites is 1. The third kappa shape index (κ3) is 7.10. The van der Waals surface area contributed by atoms with Crippen LogP contribution in [-0.2, 0) is 24.9 Å². The maximum absolute atomic E-state index is 11.0. The maximum atomic E-state index is 11.0. The minimum Gasteiger partial charge on any atom is -0.512 e. The summed E-state index contributed by atoms with van der Waals surface area (Å²) in [6.45, 7) is 7.32. The van der Waals surface area contributed by atoms with Crippen LogP contribution in [0.5, 0.6) is 0 Å². The summed E-state index contributed by atoms with van der Waals surface area (Å²) in [6.07, 6.45) is 13.8. The molecule has 2 aliphatic carbocycles. The van der Waals surface area contributed by atoms with Crippen molar-refractivity contribution in [3.05, 3.63) is 89.8 Å². The molecule has 1 N–H and O–H groups in total. The number of nitrogens with zero attached hydrogens (tertiary/aromatic N) is 1. The maximum Gasteiger partial charge on any atom is 0.161 e. The van der Waals surface area contributed by atoms with Crippen LogP contribution in [-0.4, -0.2) is 15.9 Å². The molecule has 0 aliphatic heterocycles. The van der Waals surface area contributed by atoms with Gasteiger partial charge in [-0.2, -0.15) is 0 Å². The quantitative estimate of drug-likeness (QED) is 0.106. The molecule has 0 atom stereocenters. The molecule has 2 aliphatic rings. The van der Waals surface area contributed by atoms with Crippen molar-refractivity contribution >= 4 is 38.5 Å². The zero-order valence-electron chi connectivity index (χ0n) is 26.9. The van der Waals surface area contributed by atoms with Gasteiger partial charge in [0.25, 0.3) is 0 Å². The van der Waals surface area contributed by atoms with Crippen LogP contribution in [0, 0.1) is 17.9 Å². The van der Waals surface area contributed by atoms with Gasteiger partial charge in [-0.1, -0.05) is 101 Å². The van der Waals surface area contributed by atoms with E-state index >= 15 is 0 Å². The second-order valence-corrected chi connectivity index (χ2v) is 13.3. The van der Waals surface area contributed by atoms with E-state index in [1.54, 1.807) is 0 Å². The average Bonchev–Trinajstić information content (AvgIpc) is 3.82. The monoisotopic (exact) mass is 779 g/mol. The first-order valence-corrected chi connectivity index (χ1v) is 16.5. The summed E-state index contributed by atoms with van der Waals surface area (Å²) in [5.74, 6) is 1.46. The van der Waals surface area contributed by atoms with Gasteiger partial charge in [-0.25, -0.2) is 0 Å². The van der Waals surface area contributed by atoms with Crippen molar-refractivity contribution in [3.8, 4) is 11.3 Å². The summed E-state index contributed by atoms with van der Waals surface area (Å²) in [4.78, 5) is 15.9. The molecule has 0 saturated heterocycles. The summed E-state index contributed by atoms with van der Waals surface area (Å²) < 4.78 is 6.44. The standard InChI is InChI=1S/C31H28NO.C9H16O2.Ir/c1-2-8-20(7-1)22-13-14-25-23(17-22)15-16-32-30(25)28-19-24(21-9-3-4-10-21)18-27-26-11-5-6-12-29(26)33-31(27)28;1-6(2)8(10)5-9(11)7(3)4;/h5-6,11-18,20-21H,1-4,7-10H2;5-7,10H,1-4H3;/q-1;;/b;8-5-;. The van der Waals surface area contributed by atoms with E-state index < -0.39 is 0 Å². The Morgan fingerprint density at radius 3 is 2.24 bits per heavy atom. The molecule has 0 spiro atoms. The van der Waals surface area contributed by atoms with E-state index in [0.29, 0.717) is 11.8 Å². The Labute approximate surface area is 280 Å². The van der Waals surface area contributed by atoms with Gasteiger partial charge >= 0.3 is 0 Å². The Bertz CT molecular complexity index is 1820. The number of carbonyl (C=O) groups is 1. The largest absolute Gasteiger partial charge is 0.512 e. The van der Waals surface area contributed by atoms with Crippen molar-refractivity contribution < 1.29 is 34.4 Å². The normalized spacial score (nSPS) is 16.1. The number of carbonyl (C=O) groups excluding carboxylic acids is 1. The number of benzene rings is 3. The number of allylic oxidation sites excluding steroid dienone is 2. The first-order chi connectivity index (χ1) is 21.3. The molecule has 7 rings (SSSR count). The summed E-state index contributed by atoms with van der Waals surface area (Å²) in [6, 6.07) is 23.7. The molecule has 0 amide bonds. The molecule has 2 fully saturated rings. The van der Waals surface area contributed by atoms with Gasteiger partial charge in [0.15, 0.2) is 5.78 Å². The molecule has 2 aromatic heterocycles. The molecule has 2 saturated carbocycles. The third-order valence-electron chi connectivity index (χ3n) is 9.53. The summed E-state index contributed by atoms with van der Waals surface area (Å²) >= 11 is 0. The molecule has 2 heterocycles. The van der Waals surface area contributed by atoms with Crippen molar-refractivity contribution in [2.24, 2.45) is 11.8 Å². The Kier molecular flexibility index (Phi) is 10.6. The molecule has 0 unspecified atom stereocenters. The molecule has 237 valence electrons. The molecule has 5 heteroatoms. The number of ketones is 1. The van der Waals surface area contributed by atoms with Gasteiger partial charge in [0.05, 0.1) is 11.3 Å². The molecular weight excluding hydrogens is 735 g/mol. The average molecular weight is 779 g/mol. The van der Waals surface area contributed by atoms with Crippen LogP contribution in [0.4, 0.5) is 0 Å². The zero-order valence-corrected chi connectivity index (χ0v) is 29.3. The van der Waals surface area contributed by atoms with Crippen molar-refractivity contribution in [2.45, 2.75) is 90.9 Å². The number of rotatable bonds is 6. The Hall–Kier alpha value is -3.27. The van der Waals surface area contributed by atoms with E-state index in [1.807, 2.05) is 40.0 Å². The fourth-order valence-electron chi connectivity index (χ4n) is 6.80. The minimum atomic E-state index is -0.0316. The summed E-state index contributed by atoms with van der Waals surface area (Å²) in [7, 11) is 0. The van der Waals surface area contributed by atoms with E-state index in [9.17, 15) is 9.90 Å². The number of aliphatic hydroxyl groups is 1. The van der Waals surface area contributed by atoms with Gasteiger partial charge in [0.1, 0.15) is 5.58 Å². The number of furan rings is 1. The van der Waals surface area contributed by atoms with Crippen molar-refractivity contribution in [1.82, 2.24) is 4.98 Å². The topological polar surface area (TPSA) is 63.3 Å². The van der Waals surface area contributed by atoms with Crippen LogP contribution in [0.2, 0.25) is 0 Å². The van der Waals surface area contributed by atoms with Crippen molar-refractivity contribution in [3.63, 3.8) is 0 Å². The zero-order chi connectivity index (χ0) is 30.8. The molecule has 3 aromatic carbocycles. The molecule has 45 heavy (non-hydrogen) atoms. The smallest absolute Gasteiger partial charge is 0.161 e. The van der Waals surface area contributed by atoms with Gasteiger partial charge in [0.2, 0.25) is 0 Å². The van der Waals surface area contributed by atoms with Crippen LogP contribution in [0.15, 0.2) is 77.0 Å². The van der Waals surface area contributed by atoms with Gasteiger partial charge in [0, 0.05) is 49.6 Å². The van der Waals surface area contributed by atoms with E-state index in [2.05, 4.69) is 54.6 Å². The van der Waals surface area contributed by atoms with Crippen LogP contribution >= 0.6 is 0 Å². The van der Waals surface area contributed by atoms with Gasteiger partial charge in [-0.05, 0) is 71.7 Å². The third-order valence-corrected chi connectivity index (χ3v) is 9.53. The van der Waals surface area contributed by atoms with Crippen molar-refractivity contribution in [1.29, 1.82) is 0 Å². The summed E-state index contributed by atoms with van der Waals surface area (Å²) in [5.41, 5.74) is 6.67. The van der Waals surface area contributed by atoms with Gasteiger partial charge < -0.3 is 14.5 Å². The second kappa shape index (κ2) is 14.4. The number of hydrogen-bond acceptors (Lipinski definition) is 4. The summed E-state index contributed by atoms with van der Waals surface area (Å²) in [5, 5.41) is 14.0. The van der Waals surface area contributed by atoms with E-state index in [-0.39, 0.29) is 43.5 Å².